The highest BCUT2D eigenvalue weighted by Gasteiger charge is 2.22. The lowest BCUT2D eigenvalue weighted by Crippen LogP contribution is -2.46. The predicted molar refractivity (Wildman–Crippen MR) is 63.0 cm³/mol. The molecule has 0 aromatic heterocycles. The number of hydrogen-bond acceptors (Lipinski definition) is 2. The van der Waals surface area contributed by atoms with Crippen molar-refractivity contribution in [1.82, 2.24) is 10.2 Å². The molecule has 0 unspecified atom stereocenters. The van der Waals surface area contributed by atoms with Crippen molar-refractivity contribution < 1.29 is 8.78 Å². The van der Waals surface area contributed by atoms with Gasteiger partial charge in [-0.1, -0.05) is 13.8 Å². The Morgan fingerprint density at radius 1 is 1.19 bits per heavy atom. The second-order valence-electron chi connectivity index (χ2n) is 4.65. The Kier molecular flexibility index (Phi) is 6.21. The zero-order valence-electron chi connectivity index (χ0n) is 10.4. The van der Waals surface area contributed by atoms with E-state index in [-0.39, 0.29) is 6.54 Å². The van der Waals surface area contributed by atoms with E-state index in [2.05, 4.69) is 19.2 Å². The van der Waals surface area contributed by atoms with Crippen molar-refractivity contribution in [2.45, 2.75) is 58.0 Å². The van der Waals surface area contributed by atoms with Crippen LogP contribution in [0.4, 0.5) is 8.78 Å². The number of likely N-dealkylation sites (tertiary alicyclic amines) is 1. The highest BCUT2D eigenvalue weighted by molar-refractivity contribution is 4.80. The van der Waals surface area contributed by atoms with E-state index in [1.165, 1.54) is 0 Å². The molecule has 0 atom stereocenters. The maximum Gasteiger partial charge on any atom is 0.251 e. The molecule has 0 saturated carbocycles. The van der Waals surface area contributed by atoms with Gasteiger partial charge in [0.1, 0.15) is 0 Å². The molecule has 1 fully saturated rings. The van der Waals surface area contributed by atoms with Crippen LogP contribution in [0.1, 0.15) is 39.5 Å². The number of nitrogens with one attached hydrogen (secondary N) is 1. The molecule has 1 saturated heterocycles. The minimum absolute atomic E-state index is 0.0578. The molecule has 2 nitrogen and oxygen atoms in total. The zero-order chi connectivity index (χ0) is 12.0. The van der Waals surface area contributed by atoms with Crippen LogP contribution < -0.4 is 5.32 Å². The van der Waals surface area contributed by atoms with E-state index < -0.39 is 6.43 Å². The van der Waals surface area contributed by atoms with Crippen molar-refractivity contribution in [2.24, 2.45) is 0 Å². The van der Waals surface area contributed by atoms with Crippen molar-refractivity contribution in [1.29, 1.82) is 0 Å². The second kappa shape index (κ2) is 7.17. The number of halogens is 2. The first-order valence-corrected chi connectivity index (χ1v) is 6.42. The molecule has 1 heterocycles. The van der Waals surface area contributed by atoms with Crippen molar-refractivity contribution in [2.75, 3.05) is 19.6 Å². The van der Waals surface area contributed by atoms with Gasteiger partial charge in [-0.15, -0.1) is 0 Å². The van der Waals surface area contributed by atoms with Gasteiger partial charge in [-0.2, -0.15) is 0 Å². The van der Waals surface area contributed by atoms with E-state index in [1.54, 1.807) is 0 Å². The Balaban J connectivity index is 2.21. The molecule has 0 bridgehead atoms. The Bertz CT molecular complexity index is 176. The SMILES string of the molecule is CCC(CC)NC1CCN(CC(F)F)CC1. The molecule has 0 radical (unpaired) electrons. The van der Waals surface area contributed by atoms with Crippen LogP contribution >= 0.6 is 0 Å². The lowest BCUT2D eigenvalue weighted by molar-refractivity contribution is 0.0719. The topological polar surface area (TPSA) is 15.3 Å². The van der Waals surface area contributed by atoms with E-state index >= 15 is 0 Å². The highest BCUT2D eigenvalue weighted by Crippen LogP contribution is 2.13. The molecule has 96 valence electrons. The normalized spacial score (nSPS) is 19.9. The summed E-state index contributed by atoms with van der Waals surface area (Å²) in [5, 5.41) is 3.61. The van der Waals surface area contributed by atoms with Crippen LogP contribution in [0, 0.1) is 0 Å². The number of nitrogens with zero attached hydrogens (tertiary/aromatic N) is 1. The van der Waals surface area contributed by atoms with Crippen LogP contribution in [0.3, 0.4) is 0 Å². The summed E-state index contributed by atoms with van der Waals surface area (Å²) in [6.07, 6.45) is 2.11. The molecule has 0 aliphatic carbocycles. The quantitative estimate of drug-likeness (QED) is 0.759. The van der Waals surface area contributed by atoms with Crippen molar-refractivity contribution in [3.63, 3.8) is 0 Å². The standard InChI is InChI=1S/C12H24F2N2/c1-3-10(4-2)15-11-5-7-16(8-6-11)9-12(13)14/h10-12,15H,3-9H2,1-2H3. The smallest absolute Gasteiger partial charge is 0.251 e. The molecular weight excluding hydrogens is 210 g/mol. The van der Waals surface area contributed by atoms with Gasteiger partial charge in [-0.3, -0.25) is 4.90 Å². The third kappa shape index (κ3) is 4.74. The fraction of sp³-hybridized carbons (Fsp3) is 1.00. The average Bonchev–Trinajstić information content (AvgIpc) is 2.27. The molecule has 0 aromatic carbocycles. The fourth-order valence-corrected chi connectivity index (χ4v) is 2.34. The van der Waals surface area contributed by atoms with Gasteiger partial charge in [0.2, 0.25) is 0 Å². The summed E-state index contributed by atoms with van der Waals surface area (Å²) in [7, 11) is 0. The average molecular weight is 234 g/mol. The first-order chi connectivity index (χ1) is 7.65. The van der Waals surface area contributed by atoms with Crippen LogP contribution in [0.15, 0.2) is 0 Å². The second-order valence-corrected chi connectivity index (χ2v) is 4.65. The van der Waals surface area contributed by atoms with Gasteiger partial charge < -0.3 is 5.32 Å². The van der Waals surface area contributed by atoms with E-state index in [1.807, 2.05) is 4.90 Å². The summed E-state index contributed by atoms with van der Waals surface area (Å²) in [6, 6.07) is 1.12. The lowest BCUT2D eigenvalue weighted by atomic mass is 10.0. The van der Waals surface area contributed by atoms with Gasteiger partial charge in [0.25, 0.3) is 6.43 Å². The summed E-state index contributed by atoms with van der Waals surface area (Å²) in [5.41, 5.74) is 0. The summed E-state index contributed by atoms with van der Waals surface area (Å²) in [4.78, 5) is 1.87. The maximum absolute atomic E-state index is 12.2. The first kappa shape index (κ1) is 13.8. The van der Waals surface area contributed by atoms with Crippen molar-refractivity contribution in [3.05, 3.63) is 0 Å². The first-order valence-electron chi connectivity index (χ1n) is 6.42. The van der Waals surface area contributed by atoms with E-state index in [0.717, 1.165) is 38.8 Å². The summed E-state index contributed by atoms with van der Waals surface area (Å²) in [6.45, 7) is 5.93. The lowest BCUT2D eigenvalue weighted by Gasteiger charge is -2.34. The number of alkyl halides is 2. The minimum Gasteiger partial charge on any atom is -0.311 e. The van der Waals surface area contributed by atoms with E-state index in [0.29, 0.717) is 12.1 Å². The van der Waals surface area contributed by atoms with Crippen LogP contribution in [-0.4, -0.2) is 43.0 Å². The van der Waals surface area contributed by atoms with Gasteiger partial charge in [-0.05, 0) is 38.8 Å². The summed E-state index contributed by atoms with van der Waals surface area (Å²) < 4.78 is 24.4. The summed E-state index contributed by atoms with van der Waals surface area (Å²) >= 11 is 0. The van der Waals surface area contributed by atoms with Gasteiger partial charge in [0, 0.05) is 12.1 Å². The number of hydrogen-bond donors (Lipinski definition) is 1. The molecule has 1 rings (SSSR count). The molecule has 0 spiro atoms. The Morgan fingerprint density at radius 3 is 2.19 bits per heavy atom. The van der Waals surface area contributed by atoms with Crippen molar-refractivity contribution >= 4 is 0 Å². The summed E-state index contributed by atoms with van der Waals surface area (Å²) in [5.74, 6) is 0. The number of rotatable bonds is 6. The minimum atomic E-state index is -2.19. The Labute approximate surface area is 97.4 Å². The van der Waals surface area contributed by atoms with E-state index in [4.69, 9.17) is 0 Å². The zero-order valence-corrected chi connectivity index (χ0v) is 10.4. The molecule has 0 aromatic rings. The van der Waals surface area contributed by atoms with E-state index in [9.17, 15) is 8.78 Å². The van der Waals surface area contributed by atoms with Crippen LogP contribution in [-0.2, 0) is 0 Å². The maximum atomic E-state index is 12.2. The third-order valence-electron chi connectivity index (χ3n) is 3.44. The molecule has 1 aliphatic heterocycles. The van der Waals surface area contributed by atoms with Crippen LogP contribution in [0.2, 0.25) is 0 Å². The molecule has 1 aliphatic rings. The largest absolute Gasteiger partial charge is 0.311 e. The fourth-order valence-electron chi connectivity index (χ4n) is 2.34. The van der Waals surface area contributed by atoms with Gasteiger partial charge >= 0.3 is 0 Å². The van der Waals surface area contributed by atoms with Gasteiger partial charge in [0.15, 0.2) is 0 Å². The van der Waals surface area contributed by atoms with Crippen LogP contribution in [0.5, 0.6) is 0 Å². The molecular formula is C12H24F2N2. The van der Waals surface area contributed by atoms with Crippen molar-refractivity contribution in [3.8, 4) is 0 Å². The Morgan fingerprint density at radius 2 is 1.75 bits per heavy atom. The molecule has 0 amide bonds. The third-order valence-corrected chi connectivity index (χ3v) is 3.44. The monoisotopic (exact) mass is 234 g/mol. The van der Waals surface area contributed by atoms with Crippen LogP contribution in [0.25, 0.3) is 0 Å². The number of piperidine rings is 1. The highest BCUT2D eigenvalue weighted by atomic mass is 19.3. The molecule has 16 heavy (non-hydrogen) atoms. The predicted octanol–water partition coefficient (Wildman–Crippen LogP) is 2.49. The molecule has 1 N–H and O–H groups in total. The van der Waals surface area contributed by atoms with Gasteiger partial charge in [-0.25, -0.2) is 8.78 Å². The van der Waals surface area contributed by atoms with Gasteiger partial charge in [0.05, 0.1) is 6.54 Å². The Hall–Kier alpha value is -0.220. The molecule has 4 heteroatoms.